The molecule has 0 unspecified atom stereocenters. The molecule has 1 aliphatic heterocycles. The largest absolute Gasteiger partial charge is 0.396 e. The molecule has 1 aliphatic rings. The first-order valence-corrected chi connectivity index (χ1v) is 37.0. The Bertz CT molecular complexity index is 2520. The summed E-state index contributed by atoms with van der Waals surface area (Å²) in [5, 5.41) is 33.3. The second-order valence-electron chi connectivity index (χ2n) is 29.7. The highest BCUT2D eigenvalue weighted by Crippen LogP contribution is 2.27. The van der Waals surface area contributed by atoms with E-state index in [-0.39, 0.29) is 68.1 Å². The third-order valence-electron chi connectivity index (χ3n) is 18.7. The lowest BCUT2D eigenvalue weighted by Gasteiger charge is -2.41. The van der Waals surface area contributed by atoms with Crippen LogP contribution in [0, 0.1) is 41.4 Å². The van der Waals surface area contributed by atoms with Crippen LogP contribution in [0.4, 0.5) is 0 Å². The number of nitrogens with one attached hydrogen (secondary N) is 4. The number of rotatable bonds is 27. The highest BCUT2D eigenvalue weighted by molar-refractivity contribution is 7.99. The molecule has 11 amide bonds. The Morgan fingerprint density at radius 3 is 1.31 bits per heavy atom. The first-order valence-electron chi connectivity index (χ1n) is 35.8. The van der Waals surface area contributed by atoms with Gasteiger partial charge < -0.3 is 71.5 Å². The van der Waals surface area contributed by atoms with E-state index in [1.54, 1.807) is 41.5 Å². The van der Waals surface area contributed by atoms with Crippen LogP contribution >= 0.6 is 11.8 Å². The van der Waals surface area contributed by atoms with Gasteiger partial charge in [0.2, 0.25) is 65.0 Å². The minimum Gasteiger partial charge on any atom is -0.396 e. The van der Waals surface area contributed by atoms with Gasteiger partial charge in [0.25, 0.3) is 0 Å². The van der Waals surface area contributed by atoms with Crippen LogP contribution < -0.4 is 27.0 Å². The molecule has 0 saturated carbocycles. The highest BCUT2D eigenvalue weighted by atomic mass is 32.2. The Hall–Kier alpha value is -5.60. The van der Waals surface area contributed by atoms with Crippen molar-refractivity contribution in [1.29, 1.82) is 0 Å². The normalized spacial score (nSPS) is 25.8. The Balaban J connectivity index is 4.53. The van der Waals surface area contributed by atoms with E-state index < -0.39 is 155 Å². The lowest BCUT2D eigenvalue weighted by atomic mass is 9.90. The van der Waals surface area contributed by atoms with Crippen molar-refractivity contribution in [3.63, 3.8) is 0 Å². The molecule has 0 radical (unpaired) electrons. The van der Waals surface area contributed by atoms with Gasteiger partial charge >= 0.3 is 0 Å². The molecule has 0 aromatic rings. The SMILES string of the molecule is CC[C@H]1NC(=O)[C@H]([C@H](O)[C@H](C)CCCCCCCCN)N(C)C(=O)[C@@H](C(C)C)N(C)C(=O)[C@@H](CC(C)C)N(C)C(=O)[C@@H](CC(C)C)N(C)C(=O)[C@H](C)NC(=O)[C@@H](C)NC(=O)[C@@H](CC(C)C)N(C)C(=O)[C@@H](C(C)C)NC(=O)[C@H](CC(C)C)N(C)C(=O)[C@@H](CSCCCCO)N(C)C1=O. The summed E-state index contributed by atoms with van der Waals surface area (Å²) in [7, 11) is 10.1. The van der Waals surface area contributed by atoms with Crippen LogP contribution in [0.5, 0.6) is 0 Å². The lowest BCUT2D eigenvalue weighted by molar-refractivity contribution is -0.157. The van der Waals surface area contributed by atoms with E-state index in [9.17, 15) is 34.2 Å². The van der Waals surface area contributed by atoms with E-state index >= 15 is 28.8 Å². The highest BCUT2D eigenvalue weighted by Gasteiger charge is 2.46. The first-order chi connectivity index (χ1) is 45.2. The predicted octanol–water partition coefficient (Wildman–Crippen LogP) is 4.87. The van der Waals surface area contributed by atoms with Crippen LogP contribution in [-0.2, 0) is 52.7 Å². The van der Waals surface area contributed by atoms with Crippen LogP contribution in [0.3, 0.4) is 0 Å². The number of aliphatic hydroxyl groups is 2. The molecule has 0 aromatic heterocycles. The Morgan fingerprint density at radius 1 is 0.423 bits per heavy atom. The zero-order valence-corrected chi connectivity index (χ0v) is 64.5. The molecule has 97 heavy (non-hydrogen) atoms. The summed E-state index contributed by atoms with van der Waals surface area (Å²) in [5.41, 5.74) is 5.73. The standard InChI is InChI=1S/C71H132N12O13S/c1-24-51-66(91)81(21)56(41-97-36-32-31-35-84)69(94)77(17)53(38-43(4)5)63(88)76-57(46(10)11)70(95)78(18)52(37-42(2)3)62(87)73-49(15)61(86)74-50(16)65(90)79(19)54(39-44(6)7)67(92)80(20)55(40-45(8)9)68(93)82(22)58(47(12)13)71(96)83(23)59(64(89)75-51)60(85)48(14)33-29-27-25-26-28-30-34-72/h42-60,84-85H,24-41,72H2,1-23H3,(H,73,87)(H,74,86)(H,75,89)(H,76,88)/t48-,49-,50+,51-,52-,53+,54-,55-,56-,57-,58-,59+,60-/m1/s1. The number of carbonyl (C=O) groups is 11. The van der Waals surface area contributed by atoms with Gasteiger partial charge in [-0.3, -0.25) is 52.7 Å². The van der Waals surface area contributed by atoms with E-state index in [4.69, 9.17) is 5.73 Å². The van der Waals surface area contributed by atoms with Gasteiger partial charge in [-0.15, -0.1) is 0 Å². The molecule has 1 heterocycles. The van der Waals surface area contributed by atoms with Gasteiger partial charge in [0.1, 0.15) is 66.5 Å². The molecule has 0 aromatic carbocycles. The van der Waals surface area contributed by atoms with Crippen molar-refractivity contribution in [3.05, 3.63) is 0 Å². The van der Waals surface area contributed by atoms with E-state index in [2.05, 4.69) is 21.3 Å². The predicted molar refractivity (Wildman–Crippen MR) is 383 cm³/mol. The number of amides is 11. The molecule has 560 valence electrons. The van der Waals surface area contributed by atoms with Crippen LogP contribution in [-0.4, -0.2) is 256 Å². The average Bonchev–Trinajstić information content (AvgIpc) is 0.808. The topological polar surface area (TPSA) is 325 Å². The molecule has 0 aliphatic carbocycles. The number of likely N-dealkylation sites (N-methyl/N-ethyl adjacent to an activating group) is 7. The smallest absolute Gasteiger partial charge is 0.246 e. The number of thioether (sulfide) groups is 1. The van der Waals surface area contributed by atoms with E-state index in [1.165, 1.54) is 104 Å². The van der Waals surface area contributed by atoms with Crippen LogP contribution in [0.2, 0.25) is 0 Å². The summed E-state index contributed by atoms with van der Waals surface area (Å²) in [6.07, 6.45) is 5.98. The third kappa shape index (κ3) is 27.5. The van der Waals surface area contributed by atoms with Crippen LogP contribution in [0.25, 0.3) is 0 Å². The number of unbranched alkanes of at least 4 members (excludes halogenated alkanes) is 6. The Kier molecular flexibility index (Phi) is 40.4. The average molecular weight is 1390 g/mol. The summed E-state index contributed by atoms with van der Waals surface area (Å²) in [6.45, 7) is 28.8. The molecule has 1 saturated heterocycles. The maximum absolute atomic E-state index is 15.5. The van der Waals surface area contributed by atoms with Crippen molar-refractivity contribution in [2.24, 2.45) is 47.2 Å². The zero-order chi connectivity index (χ0) is 74.6. The summed E-state index contributed by atoms with van der Waals surface area (Å²) in [5.74, 6) is -9.27. The summed E-state index contributed by atoms with van der Waals surface area (Å²) in [6, 6.07) is -13.8. The Labute approximate surface area is 587 Å². The maximum Gasteiger partial charge on any atom is 0.246 e. The quantitative estimate of drug-likeness (QED) is 0.0540. The second-order valence-corrected chi connectivity index (χ2v) is 30.9. The molecule has 1 fully saturated rings. The molecular weight excluding hydrogens is 1260 g/mol. The van der Waals surface area contributed by atoms with Crippen LogP contribution in [0.1, 0.15) is 201 Å². The van der Waals surface area contributed by atoms with Crippen molar-refractivity contribution >= 4 is 76.7 Å². The summed E-state index contributed by atoms with van der Waals surface area (Å²) >= 11 is 1.36. The van der Waals surface area contributed by atoms with Crippen molar-refractivity contribution in [2.45, 2.75) is 273 Å². The molecule has 25 nitrogen and oxygen atoms in total. The Morgan fingerprint density at radius 2 is 0.835 bits per heavy atom. The summed E-state index contributed by atoms with van der Waals surface area (Å²) < 4.78 is 0. The number of nitrogens with two attached hydrogens (primary N) is 1. The summed E-state index contributed by atoms with van der Waals surface area (Å²) in [4.78, 5) is 173. The van der Waals surface area contributed by atoms with Crippen molar-refractivity contribution < 1.29 is 63.0 Å². The minimum atomic E-state index is -1.63. The lowest BCUT2D eigenvalue weighted by Crippen LogP contribution is -2.64. The van der Waals surface area contributed by atoms with Gasteiger partial charge in [0.15, 0.2) is 0 Å². The fourth-order valence-electron chi connectivity index (χ4n) is 12.5. The molecule has 13 atom stereocenters. The third-order valence-corrected chi connectivity index (χ3v) is 19.9. The van der Waals surface area contributed by atoms with Gasteiger partial charge in [-0.05, 0) is 125 Å². The van der Waals surface area contributed by atoms with Gasteiger partial charge in [-0.2, -0.15) is 11.8 Å². The molecular formula is C71H132N12O13S. The van der Waals surface area contributed by atoms with Gasteiger partial charge in [-0.1, -0.05) is 129 Å². The van der Waals surface area contributed by atoms with E-state index in [0.29, 0.717) is 38.0 Å². The monoisotopic (exact) mass is 1390 g/mol. The number of carbonyl (C=O) groups excluding carboxylic acids is 11. The van der Waals surface area contributed by atoms with E-state index in [0.717, 1.165) is 37.0 Å². The molecule has 0 bridgehead atoms. The number of hydrogen-bond acceptors (Lipinski definition) is 15. The fraction of sp³-hybridized carbons (Fsp3) is 0.845. The number of nitrogens with zero attached hydrogens (tertiary/aromatic N) is 7. The minimum absolute atomic E-state index is 0.00298. The van der Waals surface area contributed by atoms with Crippen LogP contribution in [0.15, 0.2) is 0 Å². The van der Waals surface area contributed by atoms with E-state index in [1.807, 2.05) is 55.4 Å². The number of hydrogen-bond donors (Lipinski definition) is 7. The zero-order valence-electron chi connectivity index (χ0n) is 63.7. The molecule has 0 spiro atoms. The van der Waals surface area contributed by atoms with Crippen molar-refractivity contribution in [1.82, 2.24) is 55.6 Å². The molecule has 1 rings (SSSR count). The van der Waals surface area contributed by atoms with Crippen molar-refractivity contribution in [3.8, 4) is 0 Å². The van der Waals surface area contributed by atoms with Gasteiger partial charge in [-0.25, -0.2) is 0 Å². The molecule has 8 N–H and O–H groups in total. The number of aliphatic hydroxyl groups excluding tert-OH is 2. The fourth-order valence-corrected chi connectivity index (χ4v) is 13.7. The van der Waals surface area contributed by atoms with Crippen molar-refractivity contribution in [2.75, 3.05) is 74.0 Å². The maximum atomic E-state index is 15.5. The van der Waals surface area contributed by atoms with Gasteiger partial charge in [0, 0.05) is 61.7 Å². The molecule has 26 heteroatoms. The van der Waals surface area contributed by atoms with Gasteiger partial charge in [0.05, 0.1) is 6.10 Å². The second kappa shape index (κ2) is 43.8. The first kappa shape index (κ1) is 89.4.